The number of amides is 2. The van der Waals surface area contributed by atoms with Crippen LogP contribution in [-0.4, -0.2) is 30.2 Å². The van der Waals surface area contributed by atoms with E-state index in [1.807, 2.05) is 18.2 Å². The number of esters is 1. The number of nitrogens with zero attached hydrogens (tertiary/aromatic N) is 1. The van der Waals surface area contributed by atoms with E-state index in [1.54, 1.807) is 12.1 Å². The molecule has 2 saturated carbocycles. The largest absolute Gasteiger partial charge is 0.454 e. The van der Waals surface area contributed by atoms with Crippen LogP contribution in [0.2, 0.25) is 10.0 Å². The van der Waals surface area contributed by atoms with Gasteiger partial charge < -0.3 is 4.74 Å². The zero-order valence-corrected chi connectivity index (χ0v) is 21.7. The molecule has 3 aliphatic rings. The van der Waals surface area contributed by atoms with Crippen molar-refractivity contribution in [2.75, 3.05) is 11.5 Å². The first-order valence-corrected chi connectivity index (χ1v) is 13.3. The van der Waals surface area contributed by atoms with E-state index in [0.717, 1.165) is 12.8 Å². The van der Waals surface area contributed by atoms with Crippen molar-refractivity contribution in [1.82, 2.24) is 0 Å². The first-order chi connectivity index (χ1) is 18.3. The van der Waals surface area contributed by atoms with Crippen LogP contribution in [0.4, 0.5) is 5.69 Å². The Bertz CT molecular complexity index is 1470. The summed E-state index contributed by atoms with van der Waals surface area (Å²) in [6, 6.07) is 20.9. The number of fused-ring (bicyclic) bond motifs is 5. The normalized spacial score (nSPS) is 25.5. The summed E-state index contributed by atoms with van der Waals surface area (Å²) in [6.07, 6.45) is 1.79. The number of hydrogen-bond donors (Lipinski definition) is 0. The maximum Gasteiger partial charge on any atom is 0.338 e. The summed E-state index contributed by atoms with van der Waals surface area (Å²) in [4.78, 5) is 53.5. The topological polar surface area (TPSA) is 80.8 Å². The third-order valence-corrected chi connectivity index (χ3v) is 8.70. The van der Waals surface area contributed by atoms with Crippen LogP contribution in [0.3, 0.4) is 0 Å². The number of ketones is 1. The Hall–Kier alpha value is -3.48. The number of imide groups is 1. The number of rotatable bonds is 6. The van der Waals surface area contributed by atoms with Crippen molar-refractivity contribution in [3.63, 3.8) is 0 Å². The van der Waals surface area contributed by atoms with Crippen LogP contribution < -0.4 is 4.90 Å². The highest BCUT2D eigenvalue weighted by atomic mass is 35.5. The number of ether oxygens (including phenoxy) is 1. The Morgan fingerprint density at radius 2 is 1.63 bits per heavy atom. The maximum absolute atomic E-state index is 13.6. The van der Waals surface area contributed by atoms with Gasteiger partial charge in [-0.25, -0.2) is 4.79 Å². The zero-order chi connectivity index (χ0) is 26.6. The van der Waals surface area contributed by atoms with E-state index in [0.29, 0.717) is 10.7 Å². The molecule has 0 aromatic heterocycles. The lowest BCUT2D eigenvalue weighted by atomic mass is 9.73. The quantitative estimate of drug-likeness (QED) is 0.216. The van der Waals surface area contributed by atoms with Crippen LogP contribution in [-0.2, 0) is 14.3 Å². The summed E-state index contributed by atoms with van der Waals surface area (Å²) in [7, 11) is 0. The Labute approximate surface area is 229 Å². The minimum Gasteiger partial charge on any atom is -0.454 e. The number of Topliss-reactive ketones (excluding diaryl/α,β-unsaturated/α-hetero) is 1. The first kappa shape index (κ1) is 24.8. The van der Waals surface area contributed by atoms with Gasteiger partial charge in [0.15, 0.2) is 6.61 Å². The van der Waals surface area contributed by atoms with Crippen LogP contribution in [0.15, 0.2) is 72.8 Å². The molecule has 3 fully saturated rings. The highest BCUT2D eigenvalue weighted by molar-refractivity contribution is 6.36. The van der Waals surface area contributed by atoms with Crippen molar-refractivity contribution >= 4 is 52.5 Å². The molecule has 2 aliphatic carbocycles. The molecule has 3 aromatic carbocycles. The molecule has 0 radical (unpaired) electrons. The summed E-state index contributed by atoms with van der Waals surface area (Å²) < 4.78 is 5.21. The van der Waals surface area contributed by atoms with Gasteiger partial charge in [0.2, 0.25) is 17.6 Å². The molecule has 6 rings (SSSR count). The second-order valence-electron chi connectivity index (χ2n) is 10.1. The number of carbonyl (C=O) groups excluding carboxylic acids is 4. The molecular formula is C30H23Cl2NO5. The lowest BCUT2D eigenvalue weighted by molar-refractivity contribution is -0.123. The van der Waals surface area contributed by atoms with E-state index < -0.39 is 18.4 Å². The molecule has 3 aromatic rings. The fraction of sp³-hybridized carbons (Fsp3) is 0.267. The molecule has 1 heterocycles. The molecule has 0 unspecified atom stereocenters. The van der Waals surface area contributed by atoms with Crippen molar-refractivity contribution in [3.05, 3.63) is 99.5 Å². The van der Waals surface area contributed by atoms with Crippen molar-refractivity contribution in [2.45, 2.75) is 18.8 Å². The standard InChI is InChI=1S/C30H23Cl2NO5/c31-19-9-10-21(24(32)14-19)25(34)15-38-30(37)17-7-4-8-20(11-17)33-28(35)26-18-12-22(16-5-2-1-3-6-16)23(13-18)27(26)29(33)36/h1-11,14,18,22-23,26-27H,12-13,15H2/t18-,22+,23+,26-,27-/m1/s1. The SMILES string of the molecule is O=C(OCC(=O)c1ccc(Cl)cc1Cl)c1cccc(N2C(=O)[C@@H]3[C@H]4C[C@H]([C@H]3C2=O)[C@H](c2ccccc2)C4)c1. The molecule has 8 heteroatoms. The smallest absolute Gasteiger partial charge is 0.338 e. The predicted octanol–water partition coefficient (Wildman–Crippen LogP) is 5.96. The monoisotopic (exact) mass is 547 g/mol. The van der Waals surface area contributed by atoms with Gasteiger partial charge in [0.25, 0.3) is 0 Å². The number of anilines is 1. The Balaban J connectivity index is 1.18. The van der Waals surface area contributed by atoms with Gasteiger partial charge in [-0.15, -0.1) is 0 Å². The lowest BCUT2D eigenvalue weighted by Gasteiger charge is -2.28. The highest BCUT2D eigenvalue weighted by Gasteiger charge is 2.64. The van der Waals surface area contributed by atoms with Gasteiger partial charge >= 0.3 is 5.97 Å². The van der Waals surface area contributed by atoms with E-state index in [9.17, 15) is 19.2 Å². The van der Waals surface area contributed by atoms with Gasteiger partial charge in [-0.05, 0) is 72.6 Å². The van der Waals surface area contributed by atoms with Gasteiger partial charge in [-0.2, -0.15) is 0 Å². The molecule has 5 atom stereocenters. The van der Waals surface area contributed by atoms with Crippen LogP contribution in [0.25, 0.3) is 0 Å². The summed E-state index contributed by atoms with van der Waals surface area (Å²) in [5, 5.41) is 0.555. The molecule has 2 bridgehead atoms. The Morgan fingerprint density at radius 1 is 0.868 bits per heavy atom. The average Bonchev–Trinajstić information content (AvgIpc) is 3.59. The van der Waals surface area contributed by atoms with Crippen LogP contribution in [0.1, 0.15) is 45.0 Å². The summed E-state index contributed by atoms with van der Waals surface area (Å²) in [5.74, 6) is -1.70. The Morgan fingerprint density at radius 3 is 2.39 bits per heavy atom. The summed E-state index contributed by atoms with van der Waals surface area (Å²) in [5.41, 5.74) is 1.89. The van der Waals surface area contributed by atoms with Gasteiger partial charge in [-0.3, -0.25) is 19.3 Å². The fourth-order valence-corrected chi connectivity index (χ4v) is 7.09. The molecule has 0 spiro atoms. The van der Waals surface area contributed by atoms with E-state index in [-0.39, 0.29) is 57.6 Å². The number of benzene rings is 3. The van der Waals surface area contributed by atoms with Crippen LogP contribution in [0.5, 0.6) is 0 Å². The molecule has 1 saturated heterocycles. The summed E-state index contributed by atoms with van der Waals surface area (Å²) >= 11 is 11.9. The molecular weight excluding hydrogens is 525 g/mol. The van der Waals surface area contributed by atoms with E-state index in [1.165, 1.54) is 40.8 Å². The first-order valence-electron chi connectivity index (χ1n) is 12.5. The van der Waals surface area contributed by atoms with Crippen molar-refractivity contribution in [3.8, 4) is 0 Å². The van der Waals surface area contributed by atoms with E-state index in [4.69, 9.17) is 27.9 Å². The molecule has 192 valence electrons. The van der Waals surface area contributed by atoms with Gasteiger partial charge in [0.05, 0.1) is 28.1 Å². The van der Waals surface area contributed by atoms with Crippen LogP contribution in [0, 0.1) is 23.7 Å². The Kier molecular flexibility index (Phi) is 6.33. The lowest BCUT2D eigenvalue weighted by Crippen LogP contribution is -2.33. The van der Waals surface area contributed by atoms with Crippen LogP contribution >= 0.6 is 23.2 Å². The third-order valence-electron chi connectivity index (χ3n) is 8.15. The second-order valence-corrected chi connectivity index (χ2v) is 11.0. The number of hydrogen-bond acceptors (Lipinski definition) is 5. The van der Waals surface area contributed by atoms with Crippen molar-refractivity contribution in [2.24, 2.45) is 23.7 Å². The van der Waals surface area contributed by atoms with Crippen molar-refractivity contribution in [1.29, 1.82) is 0 Å². The number of carbonyl (C=O) groups is 4. The molecule has 0 N–H and O–H groups in total. The molecule has 6 nitrogen and oxygen atoms in total. The fourth-order valence-electron chi connectivity index (χ4n) is 6.58. The average molecular weight is 548 g/mol. The highest BCUT2D eigenvalue weighted by Crippen LogP contribution is 2.61. The minimum absolute atomic E-state index is 0.132. The van der Waals surface area contributed by atoms with Gasteiger partial charge in [0, 0.05) is 10.6 Å². The third kappa shape index (κ3) is 4.12. The van der Waals surface area contributed by atoms with Crippen molar-refractivity contribution < 1.29 is 23.9 Å². The minimum atomic E-state index is -0.742. The zero-order valence-electron chi connectivity index (χ0n) is 20.2. The van der Waals surface area contributed by atoms with E-state index >= 15 is 0 Å². The molecule has 2 amide bonds. The number of halogens is 2. The van der Waals surface area contributed by atoms with Gasteiger partial charge in [0.1, 0.15) is 0 Å². The maximum atomic E-state index is 13.6. The predicted molar refractivity (Wildman–Crippen MR) is 142 cm³/mol. The molecule has 1 aliphatic heterocycles. The second kappa shape index (κ2) is 9.68. The van der Waals surface area contributed by atoms with E-state index in [2.05, 4.69) is 12.1 Å². The molecule has 38 heavy (non-hydrogen) atoms. The summed E-state index contributed by atoms with van der Waals surface area (Å²) in [6.45, 7) is -0.514. The van der Waals surface area contributed by atoms with Gasteiger partial charge in [-0.1, -0.05) is 59.6 Å².